The molecular weight excluding hydrogens is 371 g/mol. The number of carbonyl (C=O) groups excluding carboxylic acids is 1. The summed E-state index contributed by atoms with van der Waals surface area (Å²) < 4.78 is 16.4. The lowest BCUT2D eigenvalue weighted by molar-refractivity contribution is -0.118. The van der Waals surface area contributed by atoms with Crippen molar-refractivity contribution in [3.8, 4) is 0 Å². The highest BCUT2D eigenvalue weighted by molar-refractivity contribution is 7.99. The van der Waals surface area contributed by atoms with Gasteiger partial charge < -0.3 is 5.32 Å². The number of nitrogens with one attached hydrogen (secondary N) is 1. The van der Waals surface area contributed by atoms with Crippen molar-refractivity contribution >= 4 is 44.2 Å². The fourth-order valence-electron chi connectivity index (χ4n) is 2.65. The van der Waals surface area contributed by atoms with Gasteiger partial charge >= 0.3 is 0 Å². The summed E-state index contributed by atoms with van der Waals surface area (Å²) in [4.78, 5) is 13.0. The average molecular weight is 386 g/mol. The van der Waals surface area contributed by atoms with Crippen molar-refractivity contribution in [3.05, 3.63) is 59.4 Å². The molecule has 0 spiro atoms. The van der Waals surface area contributed by atoms with E-state index in [1.807, 2.05) is 28.7 Å². The Bertz CT molecular complexity index is 1110. The first kappa shape index (κ1) is 17.0. The topological polar surface area (TPSA) is 59.3 Å². The van der Waals surface area contributed by atoms with Crippen molar-refractivity contribution in [3.63, 3.8) is 0 Å². The molecule has 132 valence electrons. The van der Waals surface area contributed by atoms with Gasteiger partial charge in [-0.3, -0.25) is 9.20 Å². The molecule has 1 amide bonds. The maximum atomic E-state index is 13.3. The standard InChI is InChI=1S/C18H15FN4OS2/c1-11-8-12(6-7-13(11)19)9-20-16(24)10-25-17-21-22-18-23(17)14-4-2-3-5-15(14)26-18/h2-8H,9-10H2,1H3,(H,20,24). The molecule has 2 heterocycles. The van der Waals surface area contributed by atoms with E-state index >= 15 is 0 Å². The van der Waals surface area contributed by atoms with Gasteiger partial charge in [0.15, 0.2) is 5.16 Å². The summed E-state index contributed by atoms with van der Waals surface area (Å²) in [6, 6.07) is 12.9. The van der Waals surface area contributed by atoms with Crippen molar-refractivity contribution in [2.24, 2.45) is 0 Å². The number of benzene rings is 2. The lowest BCUT2D eigenvalue weighted by Crippen LogP contribution is -2.24. The van der Waals surface area contributed by atoms with Gasteiger partial charge in [0.25, 0.3) is 0 Å². The van der Waals surface area contributed by atoms with Gasteiger partial charge in [-0.25, -0.2) is 4.39 Å². The summed E-state index contributed by atoms with van der Waals surface area (Å²) in [6.45, 7) is 2.08. The van der Waals surface area contributed by atoms with Crippen molar-refractivity contribution in [1.82, 2.24) is 19.9 Å². The second-order valence-electron chi connectivity index (χ2n) is 5.82. The van der Waals surface area contributed by atoms with E-state index in [1.54, 1.807) is 30.4 Å². The first-order chi connectivity index (χ1) is 12.6. The second-order valence-corrected chi connectivity index (χ2v) is 7.77. The minimum Gasteiger partial charge on any atom is -0.351 e. The summed E-state index contributed by atoms with van der Waals surface area (Å²) in [5.74, 6) is -0.104. The average Bonchev–Trinajstić information content (AvgIpc) is 3.20. The Labute approximate surface area is 157 Å². The predicted octanol–water partition coefficient (Wildman–Crippen LogP) is 3.80. The van der Waals surface area contributed by atoms with Crippen LogP contribution in [0.25, 0.3) is 15.2 Å². The molecule has 0 aliphatic rings. The van der Waals surface area contributed by atoms with Crippen LogP contribution in [-0.4, -0.2) is 26.3 Å². The fraction of sp³-hybridized carbons (Fsp3) is 0.167. The highest BCUT2D eigenvalue weighted by Crippen LogP contribution is 2.29. The van der Waals surface area contributed by atoms with Crippen LogP contribution in [0, 0.1) is 12.7 Å². The normalized spacial score (nSPS) is 11.3. The van der Waals surface area contributed by atoms with E-state index < -0.39 is 0 Å². The van der Waals surface area contributed by atoms with Gasteiger partial charge in [-0.05, 0) is 36.2 Å². The molecule has 0 aliphatic carbocycles. The number of carbonyl (C=O) groups is 1. The smallest absolute Gasteiger partial charge is 0.230 e. The maximum Gasteiger partial charge on any atom is 0.230 e. The van der Waals surface area contributed by atoms with Crippen LogP contribution in [0.5, 0.6) is 0 Å². The number of amides is 1. The minimum absolute atomic E-state index is 0.103. The van der Waals surface area contributed by atoms with E-state index in [4.69, 9.17) is 0 Å². The van der Waals surface area contributed by atoms with E-state index in [0.29, 0.717) is 17.3 Å². The summed E-state index contributed by atoms with van der Waals surface area (Å²) >= 11 is 2.92. The third-order valence-corrected chi connectivity index (χ3v) is 5.90. The molecule has 4 aromatic rings. The van der Waals surface area contributed by atoms with Crippen molar-refractivity contribution < 1.29 is 9.18 Å². The monoisotopic (exact) mass is 386 g/mol. The SMILES string of the molecule is Cc1cc(CNC(=O)CSc2nnc3sc4ccccc4n23)ccc1F. The number of rotatable bonds is 5. The van der Waals surface area contributed by atoms with Gasteiger partial charge in [-0.2, -0.15) is 0 Å². The van der Waals surface area contributed by atoms with Crippen LogP contribution in [0.4, 0.5) is 4.39 Å². The third kappa shape index (κ3) is 3.30. The van der Waals surface area contributed by atoms with Crippen LogP contribution >= 0.6 is 23.1 Å². The number of para-hydroxylation sites is 1. The van der Waals surface area contributed by atoms with E-state index in [1.165, 1.54) is 17.8 Å². The number of aryl methyl sites for hydroxylation is 1. The highest BCUT2D eigenvalue weighted by atomic mass is 32.2. The lowest BCUT2D eigenvalue weighted by atomic mass is 10.1. The van der Waals surface area contributed by atoms with Gasteiger partial charge in [0, 0.05) is 6.54 Å². The molecule has 2 aromatic carbocycles. The Hall–Kier alpha value is -2.45. The molecule has 0 unspecified atom stereocenters. The Morgan fingerprint density at radius 1 is 1.27 bits per heavy atom. The van der Waals surface area contributed by atoms with Gasteiger partial charge in [0.05, 0.1) is 16.0 Å². The molecule has 0 atom stereocenters. The molecule has 0 bridgehead atoms. The molecule has 0 fully saturated rings. The predicted molar refractivity (Wildman–Crippen MR) is 102 cm³/mol. The summed E-state index contributed by atoms with van der Waals surface area (Å²) in [7, 11) is 0. The van der Waals surface area contributed by atoms with Crippen molar-refractivity contribution in [2.75, 3.05) is 5.75 Å². The van der Waals surface area contributed by atoms with E-state index in [-0.39, 0.29) is 17.5 Å². The second kappa shape index (κ2) is 7.05. The van der Waals surface area contributed by atoms with Crippen molar-refractivity contribution in [1.29, 1.82) is 0 Å². The quantitative estimate of drug-likeness (QED) is 0.530. The zero-order chi connectivity index (χ0) is 18.1. The van der Waals surface area contributed by atoms with Crippen LogP contribution in [0.2, 0.25) is 0 Å². The van der Waals surface area contributed by atoms with Crippen LogP contribution in [-0.2, 0) is 11.3 Å². The fourth-order valence-corrected chi connectivity index (χ4v) is 4.44. The molecule has 0 radical (unpaired) electrons. The maximum absolute atomic E-state index is 13.3. The molecule has 2 aromatic heterocycles. The van der Waals surface area contributed by atoms with E-state index in [2.05, 4.69) is 15.5 Å². The third-order valence-electron chi connectivity index (χ3n) is 3.96. The zero-order valence-corrected chi connectivity index (χ0v) is 15.5. The largest absolute Gasteiger partial charge is 0.351 e. The molecule has 0 saturated heterocycles. The number of hydrogen-bond acceptors (Lipinski definition) is 5. The van der Waals surface area contributed by atoms with Crippen LogP contribution < -0.4 is 5.32 Å². The minimum atomic E-state index is -0.241. The number of nitrogens with zero attached hydrogens (tertiary/aromatic N) is 3. The van der Waals surface area contributed by atoms with Gasteiger partial charge in [-0.15, -0.1) is 10.2 Å². The first-order valence-electron chi connectivity index (χ1n) is 7.99. The highest BCUT2D eigenvalue weighted by Gasteiger charge is 2.14. The molecule has 1 N–H and O–H groups in total. The van der Waals surface area contributed by atoms with Gasteiger partial charge in [-0.1, -0.05) is 47.4 Å². The van der Waals surface area contributed by atoms with Crippen LogP contribution in [0.15, 0.2) is 47.6 Å². The van der Waals surface area contributed by atoms with E-state index in [0.717, 1.165) is 20.7 Å². The molecule has 0 saturated carbocycles. The van der Waals surface area contributed by atoms with Gasteiger partial charge in [0.1, 0.15) is 5.82 Å². The van der Waals surface area contributed by atoms with Crippen molar-refractivity contribution in [2.45, 2.75) is 18.6 Å². The summed E-state index contributed by atoms with van der Waals surface area (Å²) in [5, 5.41) is 11.9. The lowest BCUT2D eigenvalue weighted by Gasteiger charge is -2.06. The molecule has 8 heteroatoms. The number of halogens is 1. The first-order valence-corrected chi connectivity index (χ1v) is 9.79. The van der Waals surface area contributed by atoms with Crippen LogP contribution in [0.3, 0.4) is 0 Å². The molecular formula is C18H15FN4OS2. The molecule has 5 nitrogen and oxygen atoms in total. The number of thioether (sulfide) groups is 1. The zero-order valence-electron chi connectivity index (χ0n) is 13.9. The Kier molecular flexibility index (Phi) is 4.60. The summed E-state index contributed by atoms with van der Waals surface area (Å²) in [6.07, 6.45) is 0. The Morgan fingerprint density at radius 3 is 2.96 bits per heavy atom. The number of fused-ring (bicyclic) bond motifs is 3. The molecule has 0 aliphatic heterocycles. The molecule has 26 heavy (non-hydrogen) atoms. The van der Waals surface area contributed by atoms with Gasteiger partial charge in [0.2, 0.25) is 10.9 Å². The van der Waals surface area contributed by atoms with Crippen LogP contribution in [0.1, 0.15) is 11.1 Å². The molecule has 4 rings (SSSR count). The number of aromatic nitrogens is 3. The van der Waals surface area contributed by atoms with E-state index in [9.17, 15) is 9.18 Å². The Balaban J connectivity index is 1.41. The number of thiazole rings is 1. The summed E-state index contributed by atoms with van der Waals surface area (Å²) in [5.41, 5.74) is 2.49. The number of hydrogen-bond donors (Lipinski definition) is 1. The Morgan fingerprint density at radius 2 is 2.12 bits per heavy atom.